The van der Waals surface area contributed by atoms with E-state index in [4.69, 9.17) is 5.84 Å². The average molecular weight is 200 g/mol. The molecule has 0 atom stereocenters. The van der Waals surface area contributed by atoms with Crippen LogP contribution in [-0.2, 0) is 4.79 Å². The largest absolute Gasteiger partial charge is 0.284 e. The van der Waals surface area contributed by atoms with E-state index < -0.39 is 0 Å². The van der Waals surface area contributed by atoms with Crippen molar-refractivity contribution in [2.24, 2.45) is 5.84 Å². The zero-order chi connectivity index (χ0) is 10.8. The molecule has 0 aromatic carbocycles. The molecule has 1 amide bonds. The minimum absolute atomic E-state index is 0.0403. The molecule has 0 saturated carbocycles. The molecule has 0 rings (SSSR count). The van der Waals surface area contributed by atoms with Gasteiger partial charge in [-0.3, -0.25) is 9.80 Å². The van der Waals surface area contributed by atoms with Gasteiger partial charge in [-0.15, -0.1) is 0 Å². The van der Waals surface area contributed by atoms with Crippen LogP contribution >= 0.6 is 0 Å². The number of hydrogen-bond acceptors (Lipinski definition) is 2. The van der Waals surface area contributed by atoms with Gasteiger partial charge in [-0.2, -0.15) is 0 Å². The smallest absolute Gasteiger partial charge is 0.236 e. The van der Waals surface area contributed by atoms with Crippen molar-refractivity contribution in [1.82, 2.24) is 5.01 Å². The number of rotatable bonds is 8. The van der Waals surface area contributed by atoms with Crippen molar-refractivity contribution in [1.29, 1.82) is 0 Å². The Kier molecular flexibility index (Phi) is 8.64. The highest BCUT2D eigenvalue weighted by atomic mass is 16.2. The number of nitrogens with zero attached hydrogens (tertiary/aromatic N) is 1. The Labute approximate surface area is 87.6 Å². The highest BCUT2D eigenvalue weighted by Gasteiger charge is 2.02. The Morgan fingerprint density at radius 2 is 1.57 bits per heavy atom. The third-order valence-corrected chi connectivity index (χ3v) is 2.39. The molecular weight excluding hydrogens is 176 g/mol. The van der Waals surface area contributed by atoms with Gasteiger partial charge in [0.05, 0.1) is 0 Å². The zero-order valence-corrected chi connectivity index (χ0v) is 9.59. The molecular formula is C11H24N2O. The highest BCUT2D eigenvalue weighted by Crippen LogP contribution is 2.08. The van der Waals surface area contributed by atoms with Crippen LogP contribution in [0.4, 0.5) is 0 Å². The van der Waals surface area contributed by atoms with Crippen LogP contribution < -0.4 is 5.84 Å². The van der Waals surface area contributed by atoms with Crippen LogP contribution in [0.5, 0.6) is 0 Å². The van der Waals surface area contributed by atoms with E-state index in [9.17, 15) is 4.79 Å². The standard InChI is InChI=1S/C11H24N2O/c1-3-4-5-6-7-8-9-10-11(14)13(2)12/h3-10,12H2,1-2H3. The van der Waals surface area contributed by atoms with Gasteiger partial charge in [0.25, 0.3) is 0 Å². The molecule has 0 saturated heterocycles. The van der Waals surface area contributed by atoms with E-state index in [0.717, 1.165) is 12.8 Å². The summed E-state index contributed by atoms with van der Waals surface area (Å²) in [6, 6.07) is 0. The van der Waals surface area contributed by atoms with Crippen LogP contribution in [0.15, 0.2) is 0 Å². The maximum absolute atomic E-state index is 11.1. The molecule has 0 aromatic heterocycles. The Bertz CT molecular complexity index is 146. The maximum Gasteiger partial charge on any atom is 0.236 e. The Morgan fingerprint density at radius 1 is 1.07 bits per heavy atom. The van der Waals surface area contributed by atoms with Crippen LogP contribution in [0.25, 0.3) is 0 Å². The van der Waals surface area contributed by atoms with Gasteiger partial charge in [0.1, 0.15) is 0 Å². The van der Waals surface area contributed by atoms with Crippen molar-refractivity contribution in [3.05, 3.63) is 0 Å². The first-order valence-electron chi connectivity index (χ1n) is 5.69. The van der Waals surface area contributed by atoms with E-state index in [2.05, 4.69) is 6.92 Å². The predicted octanol–water partition coefficient (Wildman–Crippen LogP) is 2.46. The summed E-state index contributed by atoms with van der Waals surface area (Å²) in [7, 11) is 1.60. The summed E-state index contributed by atoms with van der Waals surface area (Å²) >= 11 is 0. The van der Waals surface area contributed by atoms with Crippen molar-refractivity contribution in [3.8, 4) is 0 Å². The number of hydrazine groups is 1. The molecule has 84 valence electrons. The van der Waals surface area contributed by atoms with Gasteiger partial charge in [-0.05, 0) is 6.42 Å². The number of carbonyl (C=O) groups excluding carboxylic acids is 1. The predicted molar refractivity (Wildman–Crippen MR) is 59.6 cm³/mol. The van der Waals surface area contributed by atoms with Crippen LogP contribution in [0.3, 0.4) is 0 Å². The van der Waals surface area contributed by atoms with Crippen molar-refractivity contribution >= 4 is 5.91 Å². The van der Waals surface area contributed by atoms with E-state index in [1.807, 2.05) is 0 Å². The molecule has 3 nitrogen and oxygen atoms in total. The fourth-order valence-corrected chi connectivity index (χ4v) is 1.41. The van der Waals surface area contributed by atoms with Crippen LogP contribution in [0.1, 0.15) is 58.3 Å². The van der Waals surface area contributed by atoms with E-state index in [0.29, 0.717) is 6.42 Å². The van der Waals surface area contributed by atoms with E-state index in [-0.39, 0.29) is 5.91 Å². The second-order valence-electron chi connectivity index (χ2n) is 3.88. The van der Waals surface area contributed by atoms with Gasteiger partial charge < -0.3 is 0 Å². The molecule has 3 heteroatoms. The monoisotopic (exact) mass is 200 g/mol. The topological polar surface area (TPSA) is 46.3 Å². The molecule has 0 aliphatic rings. The summed E-state index contributed by atoms with van der Waals surface area (Å²) in [6.07, 6.45) is 9.25. The summed E-state index contributed by atoms with van der Waals surface area (Å²) in [5.74, 6) is 5.34. The third kappa shape index (κ3) is 8.05. The number of amides is 1. The lowest BCUT2D eigenvalue weighted by molar-refractivity contribution is -0.130. The van der Waals surface area contributed by atoms with E-state index in [1.165, 1.54) is 37.1 Å². The number of carbonyl (C=O) groups is 1. The lowest BCUT2D eigenvalue weighted by Crippen LogP contribution is -2.32. The molecule has 2 N–H and O–H groups in total. The first-order chi connectivity index (χ1) is 6.68. The Hall–Kier alpha value is -0.570. The summed E-state index contributed by atoms with van der Waals surface area (Å²) in [6.45, 7) is 2.22. The van der Waals surface area contributed by atoms with E-state index >= 15 is 0 Å². The molecule has 0 unspecified atom stereocenters. The fraction of sp³-hybridized carbons (Fsp3) is 0.909. The Morgan fingerprint density at radius 3 is 2.07 bits per heavy atom. The molecule has 0 fully saturated rings. The number of unbranched alkanes of at least 4 members (excludes halogenated alkanes) is 6. The van der Waals surface area contributed by atoms with E-state index in [1.54, 1.807) is 7.05 Å². The van der Waals surface area contributed by atoms with Crippen molar-refractivity contribution < 1.29 is 4.79 Å². The highest BCUT2D eigenvalue weighted by molar-refractivity contribution is 5.75. The molecule has 0 heterocycles. The third-order valence-electron chi connectivity index (χ3n) is 2.39. The minimum Gasteiger partial charge on any atom is -0.284 e. The maximum atomic E-state index is 11.1. The van der Waals surface area contributed by atoms with Gasteiger partial charge in [0.2, 0.25) is 5.91 Å². The molecule has 0 bridgehead atoms. The first kappa shape index (κ1) is 13.4. The van der Waals surface area contributed by atoms with Crippen LogP contribution in [0.2, 0.25) is 0 Å². The number of nitrogens with two attached hydrogens (primary N) is 1. The summed E-state index contributed by atoms with van der Waals surface area (Å²) in [4.78, 5) is 11.1. The molecule has 0 aromatic rings. The first-order valence-corrected chi connectivity index (χ1v) is 5.69. The minimum atomic E-state index is 0.0403. The zero-order valence-electron chi connectivity index (χ0n) is 9.59. The molecule has 14 heavy (non-hydrogen) atoms. The lowest BCUT2D eigenvalue weighted by atomic mass is 10.1. The fourth-order valence-electron chi connectivity index (χ4n) is 1.41. The second-order valence-corrected chi connectivity index (χ2v) is 3.88. The quantitative estimate of drug-likeness (QED) is 0.283. The molecule has 0 aliphatic carbocycles. The van der Waals surface area contributed by atoms with Crippen molar-refractivity contribution in [2.75, 3.05) is 7.05 Å². The van der Waals surface area contributed by atoms with Gasteiger partial charge in [-0.25, -0.2) is 5.84 Å². The van der Waals surface area contributed by atoms with Crippen molar-refractivity contribution in [3.63, 3.8) is 0 Å². The normalized spacial score (nSPS) is 10.2. The summed E-state index contributed by atoms with van der Waals surface area (Å²) in [5.41, 5.74) is 0. The van der Waals surface area contributed by atoms with Gasteiger partial charge >= 0.3 is 0 Å². The van der Waals surface area contributed by atoms with Crippen LogP contribution in [0, 0.1) is 0 Å². The Balaban J connectivity index is 3.10. The van der Waals surface area contributed by atoms with Gasteiger partial charge in [0.15, 0.2) is 0 Å². The van der Waals surface area contributed by atoms with Gasteiger partial charge in [0, 0.05) is 13.5 Å². The molecule has 0 aliphatic heterocycles. The SMILES string of the molecule is CCCCCCCCCC(=O)N(C)N. The van der Waals surface area contributed by atoms with Crippen molar-refractivity contribution in [2.45, 2.75) is 58.3 Å². The summed E-state index contributed by atoms with van der Waals surface area (Å²) < 4.78 is 0. The molecule has 0 radical (unpaired) electrons. The second kappa shape index (κ2) is 9.00. The average Bonchev–Trinajstić information content (AvgIpc) is 2.16. The summed E-state index contributed by atoms with van der Waals surface area (Å²) in [5, 5.41) is 1.18. The lowest BCUT2D eigenvalue weighted by Gasteiger charge is -2.08. The molecule has 0 spiro atoms. The van der Waals surface area contributed by atoms with Crippen LogP contribution in [-0.4, -0.2) is 18.0 Å². The van der Waals surface area contributed by atoms with Gasteiger partial charge in [-0.1, -0.05) is 45.4 Å². The number of hydrogen-bond donors (Lipinski definition) is 1.